The molecule has 0 bridgehead atoms. The smallest absolute Gasteiger partial charge is 0.186 e. The number of fused-ring (bicyclic) bond motifs is 1. The lowest BCUT2D eigenvalue weighted by molar-refractivity contribution is 0.153. The van der Waals surface area contributed by atoms with E-state index in [-0.39, 0.29) is 6.10 Å². The summed E-state index contributed by atoms with van der Waals surface area (Å²) in [4.78, 5) is 12.5. The minimum atomic E-state index is -0.377. The van der Waals surface area contributed by atoms with Crippen LogP contribution in [0.25, 0.3) is 0 Å². The van der Waals surface area contributed by atoms with Crippen LogP contribution in [0.3, 0.4) is 0 Å². The highest BCUT2D eigenvalue weighted by Crippen LogP contribution is 2.36. The van der Waals surface area contributed by atoms with Crippen LogP contribution in [0.4, 0.5) is 5.13 Å². The first-order valence-corrected chi connectivity index (χ1v) is 7.92. The Kier molecular flexibility index (Phi) is 3.98. The summed E-state index contributed by atoms with van der Waals surface area (Å²) in [5.41, 5.74) is 1.94. The molecule has 0 spiro atoms. The number of aromatic nitrogens is 2. The minimum absolute atomic E-state index is 0.377. The van der Waals surface area contributed by atoms with E-state index in [0.29, 0.717) is 0 Å². The van der Waals surface area contributed by atoms with E-state index in [2.05, 4.69) is 21.8 Å². The standard InChI is InChI=1S/C15H19N3OS/c1-2-18(10-11-6-3-4-9-16-11)15-17-14-12(19)7-5-8-13(14)20-15/h3-4,6,9,12,19H,2,5,7-8,10H2,1H3. The average molecular weight is 289 g/mol. The van der Waals surface area contributed by atoms with E-state index in [1.165, 1.54) is 4.88 Å². The van der Waals surface area contributed by atoms with Crippen LogP contribution in [0.15, 0.2) is 24.4 Å². The van der Waals surface area contributed by atoms with Crippen molar-refractivity contribution in [1.82, 2.24) is 9.97 Å². The van der Waals surface area contributed by atoms with Gasteiger partial charge in [-0.3, -0.25) is 4.98 Å². The van der Waals surface area contributed by atoms with Crippen molar-refractivity contribution >= 4 is 16.5 Å². The van der Waals surface area contributed by atoms with Crippen LogP contribution in [0.2, 0.25) is 0 Å². The molecular weight excluding hydrogens is 270 g/mol. The van der Waals surface area contributed by atoms with Gasteiger partial charge in [0, 0.05) is 17.6 Å². The van der Waals surface area contributed by atoms with Crippen molar-refractivity contribution in [3.63, 3.8) is 0 Å². The molecule has 1 aliphatic carbocycles. The SMILES string of the molecule is CCN(Cc1ccccn1)c1nc2c(s1)CCCC2O. The molecule has 0 saturated carbocycles. The molecular formula is C15H19N3OS. The Labute approximate surface area is 123 Å². The van der Waals surface area contributed by atoms with E-state index in [4.69, 9.17) is 0 Å². The summed E-state index contributed by atoms with van der Waals surface area (Å²) in [7, 11) is 0. The molecule has 3 rings (SSSR count). The summed E-state index contributed by atoms with van der Waals surface area (Å²) < 4.78 is 0. The lowest BCUT2D eigenvalue weighted by Crippen LogP contribution is -2.22. The van der Waals surface area contributed by atoms with Gasteiger partial charge in [0.15, 0.2) is 5.13 Å². The number of rotatable bonds is 4. The number of thiazole rings is 1. The summed E-state index contributed by atoms with van der Waals surface area (Å²) >= 11 is 1.72. The third-order valence-corrected chi connectivity index (χ3v) is 4.84. The Bertz CT molecular complexity index is 570. The summed E-state index contributed by atoms with van der Waals surface area (Å²) in [6.07, 6.45) is 4.38. The molecule has 1 N–H and O–H groups in total. The number of anilines is 1. The van der Waals surface area contributed by atoms with Crippen LogP contribution in [0.5, 0.6) is 0 Å². The van der Waals surface area contributed by atoms with E-state index < -0.39 is 0 Å². The molecule has 2 aromatic rings. The molecule has 0 fully saturated rings. The molecule has 0 aliphatic heterocycles. The third-order valence-electron chi connectivity index (χ3n) is 3.64. The Morgan fingerprint density at radius 3 is 3.05 bits per heavy atom. The number of hydrogen-bond acceptors (Lipinski definition) is 5. The predicted molar refractivity (Wildman–Crippen MR) is 81.0 cm³/mol. The number of aliphatic hydroxyl groups is 1. The van der Waals surface area contributed by atoms with Gasteiger partial charge >= 0.3 is 0 Å². The summed E-state index contributed by atoms with van der Waals surface area (Å²) in [5.74, 6) is 0. The lowest BCUT2D eigenvalue weighted by atomic mass is 10.0. The fraction of sp³-hybridized carbons (Fsp3) is 0.467. The van der Waals surface area contributed by atoms with Gasteiger partial charge < -0.3 is 10.0 Å². The Morgan fingerprint density at radius 1 is 1.45 bits per heavy atom. The van der Waals surface area contributed by atoms with E-state index in [1.807, 2.05) is 24.4 Å². The maximum Gasteiger partial charge on any atom is 0.186 e. The third kappa shape index (κ3) is 2.69. The molecule has 0 saturated heterocycles. The fourth-order valence-corrected chi connectivity index (χ4v) is 3.74. The number of aliphatic hydroxyl groups excluding tert-OH is 1. The fourth-order valence-electron chi connectivity index (χ4n) is 2.52. The highest BCUT2D eigenvalue weighted by molar-refractivity contribution is 7.15. The topological polar surface area (TPSA) is 49.2 Å². The van der Waals surface area contributed by atoms with Crippen LogP contribution in [-0.2, 0) is 13.0 Å². The first-order valence-electron chi connectivity index (χ1n) is 7.10. The molecule has 4 nitrogen and oxygen atoms in total. The van der Waals surface area contributed by atoms with Crippen molar-refractivity contribution in [2.45, 2.75) is 38.8 Å². The largest absolute Gasteiger partial charge is 0.387 e. The first-order chi connectivity index (χ1) is 9.78. The van der Waals surface area contributed by atoms with E-state index in [0.717, 1.165) is 48.9 Å². The van der Waals surface area contributed by atoms with Gasteiger partial charge in [-0.2, -0.15) is 0 Å². The van der Waals surface area contributed by atoms with Crippen molar-refractivity contribution in [1.29, 1.82) is 0 Å². The van der Waals surface area contributed by atoms with Gasteiger partial charge in [0.2, 0.25) is 0 Å². The summed E-state index contributed by atoms with van der Waals surface area (Å²) in [6, 6.07) is 5.97. The van der Waals surface area contributed by atoms with Crippen molar-refractivity contribution in [3.05, 3.63) is 40.7 Å². The maximum absolute atomic E-state index is 10.0. The van der Waals surface area contributed by atoms with Crippen molar-refractivity contribution in [2.24, 2.45) is 0 Å². The van der Waals surface area contributed by atoms with Crippen LogP contribution < -0.4 is 4.90 Å². The number of pyridine rings is 1. The van der Waals surface area contributed by atoms with Gasteiger partial charge in [-0.05, 0) is 38.3 Å². The molecule has 1 atom stereocenters. The highest BCUT2D eigenvalue weighted by atomic mass is 32.1. The molecule has 2 aromatic heterocycles. The molecule has 1 aliphatic rings. The van der Waals surface area contributed by atoms with Crippen molar-refractivity contribution < 1.29 is 5.11 Å². The molecule has 1 unspecified atom stereocenters. The Balaban J connectivity index is 1.83. The second-order valence-electron chi connectivity index (χ2n) is 5.05. The molecule has 2 heterocycles. The van der Waals surface area contributed by atoms with Crippen LogP contribution >= 0.6 is 11.3 Å². The van der Waals surface area contributed by atoms with Gasteiger partial charge in [-0.15, -0.1) is 11.3 Å². The van der Waals surface area contributed by atoms with Gasteiger partial charge in [-0.1, -0.05) is 6.07 Å². The molecule has 106 valence electrons. The molecule has 0 amide bonds. The van der Waals surface area contributed by atoms with Crippen molar-refractivity contribution in [2.75, 3.05) is 11.4 Å². The Hall–Kier alpha value is -1.46. The second-order valence-corrected chi connectivity index (χ2v) is 6.11. The average Bonchev–Trinajstić information content (AvgIpc) is 2.91. The zero-order valence-electron chi connectivity index (χ0n) is 11.6. The number of aryl methyl sites for hydroxylation is 1. The lowest BCUT2D eigenvalue weighted by Gasteiger charge is -2.19. The number of hydrogen-bond donors (Lipinski definition) is 1. The van der Waals surface area contributed by atoms with E-state index in [1.54, 1.807) is 11.3 Å². The van der Waals surface area contributed by atoms with Crippen LogP contribution in [-0.4, -0.2) is 21.6 Å². The first kappa shape index (κ1) is 13.5. The van der Waals surface area contributed by atoms with Gasteiger partial charge in [0.05, 0.1) is 24.0 Å². The highest BCUT2D eigenvalue weighted by Gasteiger charge is 2.24. The zero-order chi connectivity index (χ0) is 13.9. The van der Waals surface area contributed by atoms with E-state index >= 15 is 0 Å². The normalized spacial score (nSPS) is 17.8. The van der Waals surface area contributed by atoms with Crippen LogP contribution in [0.1, 0.15) is 42.1 Å². The molecule has 20 heavy (non-hydrogen) atoms. The summed E-state index contributed by atoms with van der Waals surface area (Å²) in [5, 5.41) is 11.0. The zero-order valence-corrected chi connectivity index (χ0v) is 12.4. The van der Waals surface area contributed by atoms with Crippen molar-refractivity contribution in [3.8, 4) is 0 Å². The quantitative estimate of drug-likeness (QED) is 0.940. The maximum atomic E-state index is 10.0. The number of nitrogens with zero attached hydrogens (tertiary/aromatic N) is 3. The second kappa shape index (κ2) is 5.89. The monoisotopic (exact) mass is 289 g/mol. The molecule has 5 heteroatoms. The Morgan fingerprint density at radius 2 is 2.35 bits per heavy atom. The van der Waals surface area contributed by atoms with Gasteiger partial charge in [0.25, 0.3) is 0 Å². The van der Waals surface area contributed by atoms with E-state index in [9.17, 15) is 5.11 Å². The van der Waals surface area contributed by atoms with Crippen LogP contribution in [0, 0.1) is 0 Å². The van der Waals surface area contributed by atoms with Gasteiger partial charge in [0.1, 0.15) is 0 Å². The molecule has 0 radical (unpaired) electrons. The summed E-state index contributed by atoms with van der Waals surface area (Å²) in [6.45, 7) is 3.78. The molecule has 0 aromatic carbocycles. The van der Waals surface area contributed by atoms with Gasteiger partial charge in [-0.25, -0.2) is 4.98 Å². The minimum Gasteiger partial charge on any atom is -0.387 e. The predicted octanol–water partition coefficient (Wildman–Crippen LogP) is 2.93.